The second-order valence-corrected chi connectivity index (χ2v) is 8.07. The lowest BCUT2D eigenvalue weighted by atomic mass is 10.1. The average Bonchev–Trinajstić information content (AvgIpc) is 2.37. The molecule has 114 valence electrons. The highest BCUT2D eigenvalue weighted by molar-refractivity contribution is 9.10. The Labute approximate surface area is 130 Å². The Balaban J connectivity index is 2.68. The van der Waals surface area contributed by atoms with Crippen molar-refractivity contribution >= 4 is 25.8 Å². The zero-order valence-corrected chi connectivity index (χ0v) is 14.6. The third-order valence-electron chi connectivity index (χ3n) is 2.97. The number of benzene rings is 1. The quantitative estimate of drug-likeness (QED) is 0.721. The van der Waals surface area contributed by atoms with Crippen molar-refractivity contribution < 1.29 is 13.2 Å². The van der Waals surface area contributed by atoms with Crippen LogP contribution in [0.1, 0.15) is 24.5 Å². The normalized spacial score (nSPS) is 11.6. The molecule has 0 aliphatic carbocycles. The van der Waals surface area contributed by atoms with Crippen LogP contribution >= 0.6 is 15.9 Å². The standard InChI is InChI=1S/C14H22BrNO3S/c1-4-20(17,18)7-5-6-19-14-11(2)8-13(15)9-12(14)10-16-3/h8-9,16H,4-7,10H2,1-3H3. The maximum Gasteiger partial charge on any atom is 0.150 e. The van der Waals surface area contributed by atoms with Crippen LogP contribution < -0.4 is 10.1 Å². The maximum absolute atomic E-state index is 11.4. The van der Waals surface area contributed by atoms with E-state index >= 15 is 0 Å². The van der Waals surface area contributed by atoms with E-state index in [9.17, 15) is 8.42 Å². The number of ether oxygens (including phenoxy) is 1. The molecular weight excluding hydrogens is 342 g/mol. The van der Waals surface area contributed by atoms with Gasteiger partial charge in [0, 0.05) is 22.3 Å². The minimum atomic E-state index is -2.91. The van der Waals surface area contributed by atoms with E-state index in [0.29, 0.717) is 19.6 Å². The Morgan fingerprint density at radius 3 is 2.65 bits per heavy atom. The summed E-state index contributed by atoms with van der Waals surface area (Å²) in [7, 11) is -1.03. The van der Waals surface area contributed by atoms with Gasteiger partial charge in [-0.1, -0.05) is 22.9 Å². The topological polar surface area (TPSA) is 55.4 Å². The summed E-state index contributed by atoms with van der Waals surface area (Å²) in [6, 6.07) is 4.01. The van der Waals surface area contributed by atoms with Gasteiger partial charge in [-0.25, -0.2) is 8.42 Å². The molecule has 0 radical (unpaired) electrons. The molecule has 0 bridgehead atoms. The lowest BCUT2D eigenvalue weighted by Crippen LogP contribution is -2.13. The lowest BCUT2D eigenvalue weighted by Gasteiger charge is -2.15. The van der Waals surface area contributed by atoms with Gasteiger partial charge in [0.1, 0.15) is 15.6 Å². The molecule has 0 heterocycles. The molecule has 0 aromatic heterocycles. The van der Waals surface area contributed by atoms with Gasteiger partial charge >= 0.3 is 0 Å². The SMILES string of the molecule is CCS(=O)(=O)CCCOc1c(C)cc(Br)cc1CNC. The smallest absolute Gasteiger partial charge is 0.150 e. The number of rotatable bonds is 8. The molecule has 6 heteroatoms. The van der Waals surface area contributed by atoms with Crippen LogP contribution in [0.5, 0.6) is 5.75 Å². The fourth-order valence-electron chi connectivity index (χ4n) is 1.92. The van der Waals surface area contributed by atoms with Gasteiger partial charge in [-0.3, -0.25) is 0 Å². The van der Waals surface area contributed by atoms with Crippen LogP contribution in [-0.2, 0) is 16.4 Å². The first-order valence-electron chi connectivity index (χ1n) is 6.66. The third-order valence-corrected chi connectivity index (χ3v) is 5.22. The summed E-state index contributed by atoms with van der Waals surface area (Å²) in [6.07, 6.45) is 0.519. The minimum Gasteiger partial charge on any atom is -0.493 e. The molecule has 4 nitrogen and oxygen atoms in total. The molecular formula is C14H22BrNO3S. The van der Waals surface area contributed by atoms with E-state index in [4.69, 9.17) is 4.74 Å². The van der Waals surface area contributed by atoms with Crippen molar-refractivity contribution in [2.45, 2.75) is 26.8 Å². The van der Waals surface area contributed by atoms with Crippen molar-refractivity contribution in [1.82, 2.24) is 5.32 Å². The van der Waals surface area contributed by atoms with Gasteiger partial charge in [-0.2, -0.15) is 0 Å². The van der Waals surface area contributed by atoms with E-state index in [0.717, 1.165) is 21.3 Å². The Hall–Kier alpha value is -0.590. The molecule has 1 aromatic rings. The zero-order valence-electron chi connectivity index (χ0n) is 12.2. The molecule has 20 heavy (non-hydrogen) atoms. The van der Waals surface area contributed by atoms with Gasteiger partial charge in [0.05, 0.1) is 12.4 Å². The molecule has 0 saturated carbocycles. The molecule has 0 fully saturated rings. The van der Waals surface area contributed by atoms with Gasteiger partial charge in [0.25, 0.3) is 0 Å². The predicted octanol–water partition coefficient (Wildman–Crippen LogP) is 2.68. The van der Waals surface area contributed by atoms with Crippen LogP contribution in [0.4, 0.5) is 0 Å². The van der Waals surface area contributed by atoms with Crippen molar-refractivity contribution in [3.05, 3.63) is 27.7 Å². The molecule has 0 aliphatic rings. The van der Waals surface area contributed by atoms with Crippen molar-refractivity contribution in [2.75, 3.05) is 25.2 Å². The fraction of sp³-hybridized carbons (Fsp3) is 0.571. The summed E-state index contributed by atoms with van der Waals surface area (Å²) in [5.41, 5.74) is 2.11. The van der Waals surface area contributed by atoms with E-state index in [1.807, 2.05) is 26.1 Å². The summed E-state index contributed by atoms with van der Waals surface area (Å²) in [5.74, 6) is 1.21. The van der Waals surface area contributed by atoms with Crippen molar-refractivity contribution in [2.24, 2.45) is 0 Å². The van der Waals surface area contributed by atoms with Crippen LogP contribution in [0, 0.1) is 6.92 Å². The molecule has 0 unspecified atom stereocenters. The summed E-state index contributed by atoms with van der Waals surface area (Å²) in [4.78, 5) is 0. The number of aryl methyl sites for hydroxylation is 1. The average molecular weight is 364 g/mol. The van der Waals surface area contributed by atoms with E-state index < -0.39 is 9.84 Å². The molecule has 1 aromatic carbocycles. The van der Waals surface area contributed by atoms with Crippen LogP contribution in [0.15, 0.2) is 16.6 Å². The van der Waals surface area contributed by atoms with Gasteiger partial charge in [-0.15, -0.1) is 0 Å². The van der Waals surface area contributed by atoms with E-state index in [1.165, 1.54) is 0 Å². The van der Waals surface area contributed by atoms with Gasteiger partial charge in [-0.05, 0) is 38.1 Å². The summed E-state index contributed by atoms with van der Waals surface area (Å²) in [6.45, 7) is 4.78. The maximum atomic E-state index is 11.4. The van der Waals surface area contributed by atoms with Gasteiger partial charge in [0.2, 0.25) is 0 Å². The molecule has 0 saturated heterocycles. The Morgan fingerprint density at radius 1 is 1.35 bits per heavy atom. The number of hydrogen-bond acceptors (Lipinski definition) is 4. The van der Waals surface area contributed by atoms with Crippen molar-refractivity contribution in [1.29, 1.82) is 0 Å². The van der Waals surface area contributed by atoms with Gasteiger partial charge < -0.3 is 10.1 Å². The van der Waals surface area contributed by atoms with Crippen LogP contribution in [-0.4, -0.2) is 33.6 Å². The molecule has 0 aliphatic heterocycles. The Morgan fingerprint density at radius 2 is 2.05 bits per heavy atom. The highest BCUT2D eigenvalue weighted by Crippen LogP contribution is 2.28. The molecule has 0 spiro atoms. The van der Waals surface area contributed by atoms with Crippen molar-refractivity contribution in [3.63, 3.8) is 0 Å². The zero-order chi connectivity index (χ0) is 15.2. The fourth-order valence-corrected chi connectivity index (χ4v) is 3.39. The molecule has 1 rings (SSSR count). The summed E-state index contributed by atoms with van der Waals surface area (Å²) >= 11 is 3.47. The van der Waals surface area contributed by atoms with E-state index in [1.54, 1.807) is 6.92 Å². The van der Waals surface area contributed by atoms with Crippen molar-refractivity contribution in [3.8, 4) is 5.75 Å². The predicted molar refractivity (Wildman–Crippen MR) is 86.1 cm³/mol. The molecule has 1 N–H and O–H groups in total. The Kier molecular flexibility index (Phi) is 6.99. The third kappa shape index (κ3) is 5.42. The van der Waals surface area contributed by atoms with E-state index in [-0.39, 0.29) is 11.5 Å². The monoisotopic (exact) mass is 363 g/mol. The lowest BCUT2D eigenvalue weighted by molar-refractivity contribution is 0.311. The molecule has 0 atom stereocenters. The first-order chi connectivity index (χ1) is 9.39. The highest BCUT2D eigenvalue weighted by atomic mass is 79.9. The van der Waals surface area contributed by atoms with Crippen LogP contribution in [0.3, 0.4) is 0 Å². The number of halogens is 1. The number of sulfone groups is 1. The first kappa shape index (κ1) is 17.5. The van der Waals surface area contributed by atoms with E-state index in [2.05, 4.69) is 21.2 Å². The van der Waals surface area contributed by atoms with Crippen LogP contribution in [0.25, 0.3) is 0 Å². The first-order valence-corrected chi connectivity index (χ1v) is 9.28. The summed E-state index contributed by atoms with van der Waals surface area (Å²) < 4.78 is 29.6. The van der Waals surface area contributed by atoms with Gasteiger partial charge in [0.15, 0.2) is 0 Å². The second-order valence-electron chi connectivity index (χ2n) is 4.68. The molecule has 0 amide bonds. The number of nitrogens with one attached hydrogen (secondary N) is 1. The summed E-state index contributed by atoms with van der Waals surface area (Å²) in [5, 5.41) is 3.11. The minimum absolute atomic E-state index is 0.181. The second kappa shape index (κ2) is 8.00. The largest absolute Gasteiger partial charge is 0.493 e. The van der Waals surface area contributed by atoms with Crippen LogP contribution in [0.2, 0.25) is 0 Å². The Bertz CT molecular complexity index is 544. The highest BCUT2D eigenvalue weighted by Gasteiger charge is 2.10. The number of hydrogen-bond donors (Lipinski definition) is 1.